The summed E-state index contributed by atoms with van der Waals surface area (Å²) < 4.78 is 26.4. The van der Waals surface area contributed by atoms with Crippen molar-refractivity contribution < 1.29 is 23.7 Å². The van der Waals surface area contributed by atoms with Crippen LogP contribution >= 0.6 is 0 Å². The maximum atomic E-state index is 8.31. The van der Waals surface area contributed by atoms with Gasteiger partial charge in [0.15, 0.2) is 11.5 Å². The van der Waals surface area contributed by atoms with Crippen LogP contribution in [-0.4, -0.2) is 41.2 Å². The average Bonchev–Trinajstić information content (AvgIpc) is 2.62. The Labute approximate surface area is 142 Å². The number of ether oxygens (including phenoxy) is 5. The maximum Gasteiger partial charge on any atom is 0.204 e. The summed E-state index contributed by atoms with van der Waals surface area (Å²) in [5, 5.41) is 8.31. The first-order valence-electron chi connectivity index (χ1n) is 7.00. The van der Waals surface area contributed by atoms with Gasteiger partial charge < -0.3 is 23.7 Å². The monoisotopic (exact) mass is 329 g/mol. The fourth-order valence-corrected chi connectivity index (χ4v) is 1.94. The molecule has 0 atom stereocenters. The first kappa shape index (κ1) is 19.2. The standard InChI is InChI=1S/C18H19NO5/c1-5-15-14(13-24-10-7-6-9-23-11-8-19)12-16(20-2)18(22-4)17(15)21-3/h1,12H,9-11,13H2,2-4H3. The van der Waals surface area contributed by atoms with E-state index in [-0.39, 0.29) is 26.4 Å². The molecule has 6 nitrogen and oxygen atoms in total. The summed E-state index contributed by atoms with van der Waals surface area (Å²) in [4.78, 5) is 0. The van der Waals surface area contributed by atoms with Gasteiger partial charge in [0.25, 0.3) is 0 Å². The van der Waals surface area contributed by atoms with Crippen LogP contribution in [0.1, 0.15) is 11.1 Å². The SMILES string of the molecule is C#Cc1c(COCC#CCOCC#N)cc(OC)c(OC)c1OC. The maximum absolute atomic E-state index is 8.31. The fourth-order valence-electron chi connectivity index (χ4n) is 1.94. The van der Waals surface area contributed by atoms with E-state index in [2.05, 4.69) is 17.8 Å². The molecule has 0 saturated carbocycles. The number of methoxy groups -OCH3 is 3. The third-order valence-electron chi connectivity index (χ3n) is 2.95. The van der Waals surface area contributed by atoms with Gasteiger partial charge in [0.2, 0.25) is 5.75 Å². The van der Waals surface area contributed by atoms with E-state index in [4.69, 9.17) is 35.4 Å². The highest BCUT2D eigenvalue weighted by atomic mass is 16.5. The van der Waals surface area contributed by atoms with Crippen molar-refractivity contribution in [3.05, 3.63) is 17.2 Å². The number of benzene rings is 1. The topological polar surface area (TPSA) is 69.9 Å². The highest BCUT2D eigenvalue weighted by Gasteiger charge is 2.19. The zero-order valence-electron chi connectivity index (χ0n) is 14.0. The molecule has 0 aliphatic carbocycles. The van der Waals surface area contributed by atoms with Crippen LogP contribution in [0.25, 0.3) is 0 Å². The third kappa shape index (κ3) is 5.11. The zero-order chi connectivity index (χ0) is 17.8. The molecule has 0 unspecified atom stereocenters. The lowest BCUT2D eigenvalue weighted by molar-refractivity contribution is 0.152. The first-order chi connectivity index (χ1) is 11.7. The smallest absolute Gasteiger partial charge is 0.204 e. The zero-order valence-corrected chi connectivity index (χ0v) is 14.0. The third-order valence-corrected chi connectivity index (χ3v) is 2.95. The van der Waals surface area contributed by atoms with Crippen molar-refractivity contribution in [2.45, 2.75) is 6.61 Å². The van der Waals surface area contributed by atoms with Gasteiger partial charge in [0.1, 0.15) is 19.8 Å². The molecule has 0 spiro atoms. The van der Waals surface area contributed by atoms with Gasteiger partial charge in [-0.1, -0.05) is 17.8 Å². The molecule has 6 heteroatoms. The highest BCUT2D eigenvalue weighted by molar-refractivity contribution is 5.63. The van der Waals surface area contributed by atoms with Crippen molar-refractivity contribution in [3.63, 3.8) is 0 Å². The lowest BCUT2D eigenvalue weighted by atomic mass is 10.1. The van der Waals surface area contributed by atoms with Crippen molar-refractivity contribution in [1.82, 2.24) is 0 Å². The molecular formula is C18H19NO5. The van der Waals surface area contributed by atoms with Gasteiger partial charge in [0, 0.05) is 5.56 Å². The van der Waals surface area contributed by atoms with Crippen LogP contribution in [0, 0.1) is 35.5 Å². The van der Waals surface area contributed by atoms with Gasteiger partial charge in [-0.3, -0.25) is 0 Å². The molecule has 0 heterocycles. The lowest BCUT2D eigenvalue weighted by Gasteiger charge is -2.16. The fraction of sp³-hybridized carbons (Fsp3) is 0.389. The van der Waals surface area contributed by atoms with Crippen LogP contribution in [0.3, 0.4) is 0 Å². The second-order valence-corrected chi connectivity index (χ2v) is 4.32. The van der Waals surface area contributed by atoms with E-state index in [9.17, 15) is 0 Å². The molecular weight excluding hydrogens is 310 g/mol. The molecule has 1 aromatic carbocycles. The van der Waals surface area contributed by atoms with Gasteiger partial charge in [-0.05, 0) is 6.07 Å². The van der Waals surface area contributed by atoms with Gasteiger partial charge in [-0.2, -0.15) is 5.26 Å². The highest BCUT2D eigenvalue weighted by Crippen LogP contribution is 2.41. The van der Waals surface area contributed by atoms with Crippen molar-refractivity contribution in [2.75, 3.05) is 41.2 Å². The van der Waals surface area contributed by atoms with Crippen LogP contribution in [0.4, 0.5) is 0 Å². The quantitative estimate of drug-likeness (QED) is 0.535. The van der Waals surface area contributed by atoms with Gasteiger partial charge in [-0.15, -0.1) is 6.42 Å². The Balaban J connectivity index is 2.81. The molecule has 0 aromatic heterocycles. The Kier molecular flexibility index (Phi) is 8.64. The minimum atomic E-state index is 0.0203. The van der Waals surface area contributed by atoms with E-state index < -0.39 is 0 Å². The molecule has 0 N–H and O–H groups in total. The first-order valence-corrected chi connectivity index (χ1v) is 7.00. The molecule has 0 saturated heterocycles. The van der Waals surface area contributed by atoms with Crippen LogP contribution in [0.2, 0.25) is 0 Å². The molecule has 0 fully saturated rings. The normalized spacial score (nSPS) is 9.21. The lowest BCUT2D eigenvalue weighted by Crippen LogP contribution is -2.03. The van der Waals surface area contributed by atoms with E-state index in [0.717, 1.165) is 5.56 Å². The molecule has 126 valence electrons. The predicted molar refractivity (Wildman–Crippen MR) is 87.9 cm³/mol. The Morgan fingerprint density at radius 1 is 0.958 bits per heavy atom. The largest absolute Gasteiger partial charge is 0.493 e. The van der Waals surface area contributed by atoms with Crippen molar-refractivity contribution in [3.8, 4) is 47.5 Å². The van der Waals surface area contributed by atoms with Gasteiger partial charge >= 0.3 is 0 Å². The predicted octanol–water partition coefficient (Wildman–Crippen LogP) is 1.75. The molecule has 0 amide bonds. The summed E-state index contributed by atoms with van der Waals surface area (Å²) in [7, 11) is 4.56. The summed E-state index contributed by atoms with van der Waals surface area (Å²) in [6, 6.07) is 3.61. The van der Waals surface area contributed by atoms with Crippen molar-refractivity contribution in [1.29, 1.82) is 5.26 Å². The minimum absolute atomic E-state index is 0.0203. The van der Waals surface area contributed by atoms with E-state index in [1.807, 2.05) is 6.07 Å². The Morgan fingerprint density at radius 2 is 1.62 bits per heavy atom. The van der Waals surface area contributed by atoms with E-state index in [1.165, 1.54) is 21.3 Å². The number of terminal acetylenes is 1. The van der Waals surface area contributed by atoms with E-state index >= 15 is 0 Å². The van der Waals surface area contributed by atoms with Crippen LogP contribution in [0.5, 0.6) is 17.2 Å². The Bertz CT molecular complexity index is 689. The van der Waals surface area contributed by atoms with E-state index in [0.29, 0.717) is 22.8 Å². The van der Waals surface area contributed by atoms with Gasteiger partial charge in [-0.25, -0.2) is 0 Å². The molecule has 0 bridgehead atoms. The minimum Gasteiger partial charge on any atom is -0.493 e. The summed E-state index contributed by atoms with van der Waals surface area (Å²) in [6.07, 6.45) is 5.59. The number of hydrogen-bond donors (Lipinski definition) is 0. The van der Waals surface area contributed by atoms with E-state index in [1.54, 1.807) is 6.07 Å². The molecule has 1 rings (SSSR count). The summed E-state index contributed by atoms with van der Waals surface area (Å²) in [5.41, 5.74) is 1.27. The Hall–Kier alpha value is -2.85. The average molecular weight is 329 g/mol. The number of nitriles is 1. The van der Waals surface area contributed by atoms with Crippen molar-refractivity contribution >= 4 is 0 Å². The summed E-state index contributed by atoms with van der Waals surface area (Å²) in [6.45, 7) is 0.657. The number of rotatable bonds is 8. The molecule has 0 aliphatic rings. The molecule has 0 aliphatic heterocycles. The van der Waals surface area contributed by atoms with Crippen LogP contribution < -0.4 is 14.2 Å². The second-order valence-electron chi connectivity index (χ2n) is 4.32. The van der Waals surface area contributed by atoms with Gasteiger partial charge in [0.05, 0.1) is 39.6 Å². The molecule has 24 heavy (non-hydrogen) atoms. The van der Waals surface area contributed by atoms with Crippen LogP contribution in [0.15, 0.2) is 6.07 Å². The number of hydrogen-bond acceptors (Lipinski definition) is 6. The second kappa shape index (κ2) is 10.8. The Morgan fingerprint density at radius 3 is 2.17 bits per heavy atom. The number of nitrogens with zero attached hydrogens (tertiary/aromatic N) is 1. The van der Waals surface area contributed by atoms with Crippen molar-refractivity contribution in [2.24, 2.45) is 0 Å². The molecule has 0 radical (unpaired) electrons. The summed E-state index contributed by atoms with van der Waals surface area (Å²) >= 11 is 0. The summed E-state index contributed by atoms with van der Waals surface area (Å²) in [5.74, 6) is 9.48. The molecule has 1 aromatic rings. The van der Waals surface area contributed by atoms with Crippen LogP contribution in [-0.2, 0) is 16.1 Å².